The van der Waals surface area contributed by atoms with Crippen LogP contribution in [0.15, 0.2) is 12.2 Å². The van der Waals surface area contributed by atoms with Crippen molar-refractivity contribution in [3.8, 4) is 0 Å². The summed E-state index contributed by atoms with van der Waals surface area (Å²) in [5.41, 5.74) is 0. The SMILES string of the molecule is CCCCCCCC/C=C\CCCCCCCCCCCC(=O)OC(COC(=O)CCCCCCCCC)COC(=O)CCCCCCCCCCCCCCCCCCCCCCCCCCCCC. The minimum absolute atomic E-state index is 0.0652. The average Bonchev–Trinajstić information content (AvgIpc) is 3.37. The molecular weight excluding hydrogens is 877 g/mol. The van der Waals surface area contributed by atoms with Crippen LogP contribution in [0.2, 0.25) is 0 Å². The van der Waals surface area contributed by atoms with Gasteiger partial charge < -0.3 is 14.2 Å². The van der Waals surface area contributed by atoms with Gasteiger partial charge in [-0.2, -0.15) is 0 Å². The lowest BCUT2D eigenvalue weighted by Gasteiger charge is -2.18. The molecule has 0 saturated carbocycles. The Labute approximate surface area is 443 Å². The summed E-state index contributed by atoms with van der Waals surface area (Å²) in [6, 6.07) is 0. The van der Waals surface area contributed by atoms with Crippen molar-refractivity contribution in [1.29, 1.82) is 0 Å². The van der Waals surface area contributed by atoms with Crippen LogP contribution in [0.4, 0.5) is 0 Å². The van der Waals surface area contributed by atoms with Crippen LogP contribution in [0.1, 0.15) is 367 Å². The van der Waals surface area contributed by atoms with Crippen molar-refractivity contribution in [3.63, 3.8) is 0 Å². The third-order valence-corrected chi connectivity index (χ3v) is 14.8. The normalized spacial score (nSPS) is 12.0. The first-order chi connectivity index (χ1) is 35.0. The molecule has 0 heterocycles. The fourth-order valence-electron chi connectivity index (χ4n) is 9.91. The highest BCUT2D eigenvalue weighted by Gasteiger charge is 2.19. The van der Waals surface area contributed by atoms with Crippen molar-refractivity contribution in [2.24, 2.45) is 0 Å². The van der Waals surface area contributed by atoms with Crippen LogP contribution in [0.25, 0.3) is 0 Å². The Morgan fingerprint density at radius 3 is 0.704 bits per heavy atom. The largest absolute Gasteiger partial charge is 0.462 e. The predicted octanol–water partition coefficient (Wildman–Crippen LogP) is 21.7. The fraction of sp³-hybridized carbons (Fsp3) is 0.923. The van der Waals surface area contributed by atoms with Gasteiger partial charge >= 0.3 is 17.9 Å². The number of rotatable bonds is 60. The first-order valence-electron chi connectivity index (χ1n) is 32.2. The summed E-state index contributed by atoms with van der Waals surface area (Å²) < 4.78 is 16.8. The minimum Gasteiger partial charge on any atom is -0.462 e. The first-order valence-corrected chi connectivity index (χ1v) is 32.2. The van der Waals surface area contributed by atoms with Gasteiger partial charge in [0, 0.05) is 19.3 Å². The van der Waals surface area contributed by atoms with E-state index in [0.29, 0.717) is 19.3 Å². The maximum atomic E-state index is 12.8. The van der Waals surface area contributed by atoms with Crippen LogP contribution >= 0.6 is 0 Å². The molecule has 6 heteroatoms. The summed E-state index contributed by atoms with van der Waals surface area (Å²) in [4.78, 5) is 38.0. The van der Waals surface area contributed by atoms with Gasteiger partial charge in [-0.15, -0.1) is 0 Å². The zero-order valence-corrected chi connectivity index (χ0v) is 48.3. The van der Waals surface area contributed by atoms with Gasteiger partial charge in [0.1, 0.15) is 13.2 Å². The van der Waals surface area contributed by atoms with Gasteiger partial charge in [-0.1, -0.05) is 315 Å². The number of hydrogen-bond acceptors (Lipinski definition) is 6. The second-order valence-electron chi connectivity index (χ2n) is 22.0. The molecule has 0 aromatic carbocycles. The summed E-state index contributed by atoms with van der Waals surface area (Å²) in [7, 11) is 0. The van der Waals surface area contributed by atoms with Crippen molar-refractivity contribution < 1.29 is 28.6 Å². The van der Waals surface area contributed by atoms with E-state index in [1.165, 1.54) is 270 Å². The lowest BCUT2D eigenvalue weighted by Crippen LogP contribution is -2.30. The van der Waals surface area contributed by atoms with Gasteiger partial charge in [-0.25, -0.2) is 0 Å². The number of ether oxygens (including phenoxy) is 3. The van der Waals surface area contributed by atoms with Crippen LogP contribution in [0.3, 0.4) is 0 Å². The molecule has 0 aliphatic rings. The van der Waals surface area contributed by atoms with Gasteiger partial charge in [-0.05, 0) is 44.9 Å². The van der Waals surface area contributed by atoms with Gasteiger partial charge in [0.15, 0.2) is 6.10 Å². The maximum absolute atomic E-state index is 12.8. The molecule has 0 aliphatic heterocycles. The standard InChI is InChI=1S/C65H124O6/c1-4-7-10-13-16-18-20-22-24-26-28-29-30-31-32-33-34-35-37-38-40-42-44-46-49-52-55-58-64(67)70-61-62(60-69-63(66)57-54-51-48-15-12-9-6-3)71-65(68)59-56-53-50-47-45-43-41-39-36-27-25-23-21-19-17-14-11-8-5-2/h23,25,62H,4-22,24,26-61H2,1-3H3/b25-23-. The molecule has 71 heavy (non-hydrogen) atoms. The molecule has 0 amide bonds. The van der Waals surface area contributed by atoms with E-state index in [4.69, 9.17) is 14.2 Å². The molecular formula is C65H124O6. The van der Waals surface area contributed by atoms with E-state index in [1.54, 1.807) is 0 Å². The van der Waals surface area contributed by atoms with Crippen molar-refractivity contribution in [1.82, 2.24) is 0 Å². The van der Waals surface area contributed by atoms with Gasteiger partial charge in [0.05, 0.1) is 0 Å². The van der Waals surface area contributed by atoms with E-state index >= 15 is 0 Å². The van der Waals surface area contributed by atoms with Crippen LogP contribution in [-0.4, -0.2) is 37.2 Å². The molecule has 1 unspecified atom stereocenters. The fourth-order valence-corrected chi connectivity index (χ4v) is 9.91. The second-order valence-corrected chi connectivity index (χ2v) is 22.0. The average molecular weight is 1000 g/mol. The summed E-state index contributed by atoms with van der Waals surface area (Å²) >= 11 is 0. The van der Waals surface area contributed by atoms with Crippen LogP contribution in [0.5, 0.6) is 0 Å². The molecule has 6 nitrogen and oxygen atoms in total. The quantitative estimate of drug-likeness (QED) is 0.0261. The third-order valence-electron chi connectivity index (χ3n) is 14.8. The number of hydrogen-bond donors (Lipinski definition) is 0. The summed E-state index contributed by atoms with van der Waals surface area (Å²) in [5.74, 6) is -0.848. The smallest absolute Gasteiger partial charge is 0.306 e. The summed E-state index contributed by atoms with van der Waals surface area (Å²) in [6.07, 6.45) is 71.1. The molecule has 0 bridgehead atoms. The second kappa shape index (κ2) is 60.7. The Morgan fingerprint density at radius 2 is 0.465 bits per heavy atom. The minimum atomic E-state index is -0.765. The van der Waals surface area contributed by atoms with Crippen LogP contribution < -0.4 is 0 Å². The monoisotopic (exact) mass is 1000 g/mol. The number of carbonyl (C=O) groups is 3. The molecule has 0 N–H and O–H groups in total. The van der Waals surface area contributed by atoms with E-state index in [2.05, 4.69) is 32.9 Å². The molecule has 420 valence electrons. The number of carbonyl (C=O) groups excluding carboxylic acids is 3. The van der Waals surface area contributed by atoms with Crippen LogP contribution in [-0.2, 0) is 28.6 Å². The molecule has 0 spiro atoms. The highest BCUT2D eigenvalue weighted by Crippen LogP contribution is 2.18. The molecule has 0 fully saturated rings. The van der Waals surface area contributed by atoms with Crippen molar-refractivity contribution >= 4 is 17.9 Å². The van der Waals surface area contributed by atoms with E-state index in [-0.39, 0.29) is 31.1 Å². The Morgan fingerprint density at radius 1 is 0.268 bits per heavy atom. The highest BCUT2D eigenvalue weighted by molar-refractivity contribution is 5.71. The lowest BCUT2D eigenvalue weighted by atomic mass is 10.0. The molecule has 0 aromatic rings. The Hall–Kier alpha value is -1.85. The van der Waals surface area contributed by atoms with Gasteiger partial charge in [0.2, 0.25) is 0 Å². The van der Waals surface area contributed by atoms with E-state index in [0.717, 1.165) is 57.8 Å². The molecule has 0 aliphatic carbocycles. The topological polar surface area (TPSA) is 78.9 Å². The molecule has 0 rings (SSSR count). The van der Waals surface area contributed by atoms with E-state index in [1.807, 2.05) is 0 Å². The molecule has 0 aromatic heterocycles. The summed E-state index contributed by atoms with van der Waals surface area (Å²) in [5, 5.41) is 0. The summed E-state index contributed by atoms with van der Waals surface area (Å²) in [6.45, 7) is 6.66. The lowest BCUT2D eigenvalue weighted by molar-refractivity contribution is -0.167. The Balaban J connectivity index is 4.03. The van der Waals surface area contributed by atoms with E-state index in [9.17, 15) is 14.4 Å². The molecule has 0 saturated heterocycles. The maximum Gasteiger partial charge on any atom is 0.306 e. The predicted molar refractivity (Wildman–Crippen MR) is 307 cm³/mol. The van der Waals surface area contributed by atoms with Crippen molar-refractivity contribution in [2.45, 2.75) is 374 Å². The van der Waals surface area contributed by atoms with Crippen molar-refractivity contribution in [3.05, 3.63) is 12.2 Å². The zero-order valence-electron chi connectivity index (χ0n) is 48.3. The van der Waals surface area contributed by atoms with Crippen LogP contribution in [0, 0.1) is 0 Å². The number of esters is 3. The molecule has 1 atom stereocenters. The number of unbranched alkanes of at least 4 members (excludes halogenated alkanes) is 47. The van der Waals surface area contributed by atoms with Gasteiger partial charge in [-0.3, -0.25) is 14.4 Å². The highest BCUT2D eigenvalue weighted by atomic mass is 16.6. The Kier molecular flexibility index (Phi) is 59.1. The van der Waals surface area contributed by atoms with E-state index < -0.39 is 6.10 Å². The number of allylic oxidation sites excluding steroid dienone is 2. The molecule has 0 radical (unpaired) electrons. The third kappa shape index (κ3) is 58.9. The van der Waals surface area contributed by atoms with Crippen molar-refractivity contribution in [2.75, 3.05) is 13.2 Å². The zero-order chi connectivity index (χ0) is 51.4. The van der Waals surface area contributed by atoms with Gasteiger partial charge in [0.25, 0.3) is 0 Å². The Bertz CT molecular complexity index is 1100. The first kappa shape index (κ1) is 69.2.